The maximum absolute atomic E-state index is 10.8. The van der Waals surface area contributed by atoms with E-state index in [1.807, 2.05) is 0 Å². The number of nitro groups is 2. The smallest absolute Gasteiger partial charge is 0.300 e. The summed E-state index contributed by atoms with van der Waals surface area (Å²) in [5.41, 5.74) is -0.974. The fourth-order valence-electron chi connectivity index (χ4n) is 1.40. The molecule has 0 fully saturated rings. The molecule has 0 saturated heterocycles. The second kappa shape index (κ2) is 4.44. The summed E-state index contributed by atoms with van der Waals surface area (Å²) in [4.78, 5) is 21.3. The van der Waals surface area contributed by atoms with Crippen LogP contribution in [0.1, 0.15) is 5.56 Å². The highest BCUT2D eigenvalue weighted by molar-refractivity contribution is 5.74. The molecule has 0 spiro atoms. The molecule has 0 aliphatic carbocycles. The highest BCUT2D eigenvalue weighted by Gasteiger charge is 2.25. The maximum Gasteiger partial charge on any atom is 0.300 e. The van der Waals surface area contributed by atoms with E-state index in [4.69, 9.17) is 5.26 Å². The third-order valence-electron chi connectivity index (χ3n) is 2.05. The van der Waals surface area contributed by atoms with Crippen LogP contribution in [-0.2, 0) is 0 Å². The van der Waals surface area contributed by atoms with Gasteiger partial charge in [0.2, 0.25) is 0 Å². The Balaban J connectivity index is 3.65. The number of hydrogen-bond acceptors (Lipinski definition) is 6. The number of anilines is 1. The Bertz CT molecular complexity index is 533. The van der Waals surface area contributed by atoms with E-state index in [-0.39, 0.29) is 11.3 Å². The van der Waals surface area contributed by atoms with Gasteiger partial charge in [0.15, 0.2) is 0 Å². The van der Waals surface area contributed by atoms with Crippen LogP contribution in [0.2, 0.25) is 0 Å². The van der Waals surface area contributed by atoms with Gasteiger partial charge in [-0.3, -0.25) is 20.2 Å². The molecule has 17 heavy (non-hydrogen) atoms. The molecule has 0 bridgehead atoms. The molecule has 0 aromatic heterocycles. The van der Waals surface area contributed by atoms with Crippen LogP contribution >= 0.6 is 0 Å². The number of nitriles is 1. The molecule has 0 aliphatic rings. The lowest BCUT2D eigenvalue weighted by Gasteiger charge is -2.13. The van der Waals surface area contributed by atoms with Crippen LogP contribution in [0.5, 0.6) is 0 Å². The summed E-state index contributed by atoms with van der Waals surface area (Å²) >= 11 is 0. The molecule has 88 valence electrons. The topological polar surface area (TPSA) is 113 Å². The quantitative estimate of drug-likeness (QED) is 0.579. The van der Waals surface area contributed by atoms with Crippen LogP contribution in [0.3, 0.4) is 0 Å². The van der Waals surface area contributed by atoms with Gasteiger partial charge in [-0.05, 0) is 0 Å². The summed E-state index contributed by atoms with van der Waals surface area (Å²) in [5.74, 6) is 0. The molecule has 1 rings (SSSR count). The molecule has 0 atom stereocenters. The van der Waals surface area contributed by atoms with Gasteiger partial charge in [0.1, 0.15) is 11.8 Å². The van der Waals surface area contributed by atoms with E-state index in [9.17, 15) is 20.2 Å². The van der Waals surface area contributed by atoms with Crippen molar-refractivity contribution in [3.8, 4) is 6.07 Å². The molecule has 8 nitrogen and oxygen atoms in total. The van der Waals surface area contributed by atoms with E-state index >= 15 is 0 Å². The maximum atomic E-state index is 10.8. The fraction of sp³-hybridized carbons (Fsp3) is 0.222. The van der Waals surface area contributed by atoms with Crippen LogP contribution in [0.4, 0.5) is 17.1 Å². The first-order valence-corrected chi connectivity index (χ1v) is 4.42. The summed E-state index contributed by atoms with van der Waals surface area (Å²) in [5, 5.41) is 30.3. The van der Waals surface area contributed by atoms with Crippen molar-refractivity contribution in [2.45, 2.75) is 0 Å². The second-order valence-electron chi connectivity index (χ2n) is 3.38. The third kappa shape index (κ3) is 2.28. The van der Waals surface area contributed by atoms with Gasteiger partial charge < -0.3 is 4.90 Å². The molecular weight excluding hydrogens is 228 g/mol. The molecule has 1 aromatic carbocycles. The molecule has 0 unspecified atom stereocenters. The van der Waals surface area contributed by atoms with Gasteiger partial charge in [-0.1, -0.05) is 0 Å². The van der Waals surface area contributed by atoms with E-state index in [1.54, 1.807) is 6.07 Å². The number of rotatable bonds is 3. The zero-order valence-corrected chi connectivity index (χ0v) is 9.08. The summed E-state index contributed by atoms with van der Waals surface area (Å²) in [6.07, 6.45) is 0. The number of hydrogen-bond donors (Lipinski definition) is 0. The predicted octanol–water partition coefficient (Wildman–Crippen LogP) is 1.44. The largest absolute Gasteiger partial charge is 0.371 e. The average Bonchev–Trinajstić information content (AvgIpc) is 2.26. The van der Waals surface area contributed by atoms with Gasteiger partial charge in [-0.15, -0.1) is 0 Å². The minimum atomic E-state index is -0.771. The first-order chi connectivity index (χ1) is 7.88. The number of benzene rings is 1. The van der Waals surface area contributed by atoms with E-state index in [0.29, 0.717) is 0 Å². The highest BCUT2D eigenvalue weighted by atomic mass is 16.6. The Morgan fingerprint density at radius 1 is 1.24 bits per heavy atom. The van der Waals surface area contributed by atoms with E-state index in [1.165, 1.54) is 19.0 Å². The van der Waals surface area contributed by atoms with Crippen LogP contribution < -0.4 is 4.90 Å². The Labute approximate surface area is 96.0 Å². The summed E-state index contributed by atoms with van der Waals surface area (Å²) in [6, 6.07) is 3.58. The lowest BCUT2D eigenvalue weighted by Crippen LogP contribution is -2.13. The van der Waals surface area contributed by atoms with Crippen molar-refractivity contribution in [1.29, 1.82) is 5.26 Å². The molecule has 0 radical (unpaired) electrons. The molecule has 8 heteroatoms. The first kappa shape index (κ1) is 12.4. The van der Waals surface area contributed by atoms with Gasteiger partial charge in [0.05, 0.1) is 21.5 Å². The van der Waals surface area contributed by atoms with Gasteiger partial charge in [0, 0.05) is 20.2 Å². The zero-order chi connectivity index (χ0) is 13.2. The van der Waals surface area contributed by atoms with Gasteiger partial charge in [-0.25, -0.2) is 0 Å². The monoisotopic (exact) mass is 236 g/mol. The summed E-state index contributed by atoms with van der Waals surface area (Å²) in [6.45, 7) is 0. The molecular formula is C9H8N4O4. The van der Waals surface area contributed by atoms with Gasteiger partial charge in [-0.2, -0.15) is 5.26 Å². The molecule has 0 N–H and O–H groups in total. The Morgan fingerprint density at radius 3 is 2.18 bits per heavy atom. The number of non-ortho nitro benzene ring substituents is 1. The van der Waals surface area contributed by atoms with E-state index in [0.717, 1.165) is 12.1 Å². The fourth-order valence-corrected chi connectivity index (χ4v) is 1.40. The van der Waals surface area contributed by atoms with Gasteiger partial charge in [0.25, 0.3) is 5.69 Å². The van der Waals surface area contributed by atoms with Crippen molar-refractivity contribution in [3.05, 3.63) is 37.9 Å². The molecule has 0 aliphatic heterocycles. The van der Waals surface area contributed by atoms with E-state index < -0.39 is 21.2 Å². The molecule has 1 aromatic rings. The summed E-state index contributed by atoms with van der Waals surface area (Å²) in [7, 11) is 3.05. The average molecular weight is 236 g/mol. The lowest BCUT2D eigenvalue weighted by atomic mass is 10.1. The predicted molar refractivity (Wildman–Crippen MR) is 58.8 cm³/mol. The molecule has 0 amide bonds. The Hall–Kier alpha value is -2.69. The normalized spacial score (nSPS) is 9.47. The van der Waals surface area contributed by atoms with Crippen molar-refractivity contribution < 1.29 is 9.85 Å². The second-order valence-corrected chi connectivity index (χ2v) is 3.38. The van der Waals surface area contributed by atoms with Crippen molar-refractivity contribution >= 4 is 17.1 Å². The standard InChI is InChI=1S/C9H8N4O4/c1-11(2)9-6(5-10)3-7(12(14)15)4-8(9)13(16)17/h3-4H,1-2H3. The summed E-state index contributed by atoms with van der Waals surface area (Å²) < 4.78 is 0. The Kier molecular flexibility index (Phi) is 3.23. The van der Waals surface area contributed by atoms with Crippen molar-refractivity contribution in [2.75, 3.05) is 19.0 Å². The first-order valence-electron chi connectivity index (χ1n) is 4.42. The SMILES string of the molecule is CN(C)c1c(C#N)cc([N+](=O)[O-])cc1[N+](=O)[O-]. The van der Waals surface area contributed by atoms with Crippen LogP contribution in [0.25, 0.3) is 0 Å². The van der Waals surface area contributed by atoms with Crippen LogP contribution in [0, 0.1) is 31.6 Å². The van der Waals surface area contributed by atoms with Crippen LogP contribution in [0.15, 0.2) is 12.1 Å². The zero-order valence-electron chi connectivity index (χ0n) is 9.08. The number of nitro benzene ring substituents is 2. The van der Waals surface area contributed by atoms with Crippen molar-refractivity contribution in [2.24, 2.45) is 0 Å². The van der Waals surface area contributed by atoms with Gasteiger partial charge >= 0.3 is 5.69 Å². The molecule has 0 saturated carbocycles. The third-order valence-corrected chi connectivity index (χ3v) is 2.05. The number of nitrogens with zero attached hydrogens (tertiary/aromatic N) is 4. The van der Waals surface area contributed by atoms with Crippen molar-refractivity contribution in [1.82, 2.24) is 0 Å². The van der Waals surface area contributed by atoms with Crippen LogP contribution in [-0.4, -0.2) is 23.9 Å². The minimum absolute atomic E-state index is 0.0584. The lowest BCUT2D eigenvalue weighted by molar-refractivity contribution is -0.393. The minimum Gasteiger partial charge on any atom is -0.371 e. The Morgan fingerprint density at radius 2 is 1.82 bits per heavy atom. The van der Waals surface area contributed by atoms with Crippen molar-refractivity contribution in [3.63, 3.8) is 0 Å². The molecule has 0 heterocycles. The van der Waals surface area contributed by atoms with E-state index in [2.05, 4.69) is 0 Å². The highest BCUT2D eigenvalue weighted by Crippen LogP contribution is 2.34.